The summed E-state index contributed by atoms with van der Waals surface area (Å²) >= 11 is 3.48. The average Bonchev–Trinajstić information content (AvgIpc) is 3.09. The molecule has 1 amide bonds. The highest BCUT2D eigenvalue weighted by molar-refractivity contribution is 9.10. The van der Waals surface area contributed by atoms with Crippen LogP contribution in [0.15, 0.2) is 28.7 Å². The van der Waals surface area contributed by atoms with Crippen molar-refractivity contribution in [3.63, 3.8) is 0 Å². The fourth-order valence-electron chi connectivity index (χ4n) is 2.14. The molecule has 0 aliphatic heterocycles. The minimum atomic E-state index is -0.467. The van der Waals surface area contributed by atoms with Crippen LogP contribution in [0.3, 0.4) is 0 Å². The van der Waals surface area contributed by atoms with Crippen LogP contribution in [-0.2, 0) is 4.74 Å². The summed E-state index contributed by atoms with van der Waals surface area (Å²) in [6.07, 6.45) is 3.17. The molecule has 1 aliphatic carbocycles. The van der Waals surface area contributed by atoms with E-state index in [0.717, 1.165) is 22.4 Å². The van der Waals surface area contributed by atoms with E-state index in [1.54, 1.807) is 0 Å². The number of halogens is 1. The Hall–Kier alpha value is -1.03. The van der Waals surface area contributed by atoms with Crippen LogP contribution in [-0.4, -0.2) is 11.7 Å². The molecule has 2 rings (SSSR count). The summed E-state index contributed by atoms with van der Waals surface area (Å²) in [5.74, 6) is 0.730. The maximum Gasteiger partial charge on any atom is 0.408 e. The Morgan fingerprint density at radius 3 is 2.70 bits per heavy atom. The van der Waals surface area contributed by atoms with E-state index in [1.807, 2.05) is 32.9 Å². The van der Waals surface area contributed by atoms with Gasteiger partial charge in [-0.3, -0.25) is 0 Å². The van der Waals surface area contributed by atoms with E-state index < -0.39 is 5.60 Å². The first kappa shape index (κ1) is 15.4. The van der Waals surface area contributed by atoms with Gasteiger partial charge >= 0.3 is 6.09 Å². The Bertz CT molecular complexity index is 478. The zero-order chi connectivity index (χ0) is 14.8. The Balaban J connectivity index is 2.05. The maximum atomic E-state index is 12.0. The van der Waals surface area contributed by atoms with Crippen molar-refractivity contribution in [3.8, 4) is 0 Å². The van der Waals surface area contributed by atoms with Crippen LogP contribution >= 0.6 is 15.9 Å². The smallest absolute Gasteiger partial charge is 0.408 e. The van der Waals surface area contributed by atoms with Gasteiger partial charge < -0.3 is 10.1 Å². The lowest BCUT2D eigenvalue weighted by Crippen LogP contribution is -2.35. The molecule has 0 aromatic heterocycles. The van der Waals surface area contributed by atoms with E-state index in [9.17, 15) is 4.79 Å². The van der Waals surface area contributed by atoms with Gasteiger partial charge in [0, 0.05) is 4.47 Å². The largest absolute Gasteiger partial charge is 0.444 e. The zero-order valence-electron chi connectivity index (χ0n) is 12.3. The molecule has 0 saturated heterocycles. The Morgan fingerprint density at radius 2 is 2.15 bits per heavy atom. The summed E-state index contributed by atoms with van der Waals surface area (Å²) in [5, 5.41) is 3.01. The van der Waals surface area contributed by atoms with Crippen LogP contribution in [0.2, 0.25) is 0 Å². The minimum Gasteiger partial charge on any atom is -0.444 e. The molecule has 3 nitrogen and oxygen atoms in total. The number of rotatable bonds is 4. The van der Waals surface area contributed by atoms with Crippen LogP contribution in [0.5, 0.6) is 0 Å². The number of carbonyl (C=O) groups is 1. The van der Waals surface area contributed by atoms with Gasteiger partial charge in [-0.05, 0) is 50.8 Å². The second kappa shape index (κ2) is 6.17. The first-order valence-electron chi connectivity index (χ1n) is 7.08. The molecular weight excluding hydrogens is 318 g/mol. The molecule has 1 atom stereocenters. The molecule has 0 radical (unpaired) electrons. The van der Waals surface area contributed by atoms with Crippen molar-refractivity contribution in [2.75, 3.05) is 0 Å². The van der Waals surface area contributed by atoms with Crippen molar-refractivity contribution in [2.24, 2.45) is 5.92 Å². The maximum absolute atomic E-state index is 12.0. The van der Waals surface area contributed by atoms with E-state index >= 15 is 0 Å². The van der Waals surface area contributed by atoms with Gasteiger partial charge in [0.15, 0.2) is 0 Å². The second-order valence-electron chi connectivity index (χ2n) is 6.43. The first-order chi connectivity index (χ1) is 9.33. The lowest BCUT2D eigenvalue weighted by Gasteiger charge is -2.24. The monoisotopic (exact) mass is 339 g/mol. The third kappa shape index (κ3) is 5.16. The summed E-state index contributed by atoms with van der Waals surface area (Å²) in [7, 11) is 0. The minimum absolute atomic E-state index is 0.0230. The molecule has 0 spiro atoms. The van der Waals surface area contributed by atoms with Crippen LogP contribution in [0.4, 0.5) is 4.79 Å². The van der Waals surface area contributed by atoms with E-state index in [4.69, 9.17) is 4.74 Å². The zero-order valence-corrected chi connectivity index (χ0v) is 13.9. The molecule has 1 aliphatic rings. The number of benzene rings is 1. The molecule has 20 heavy (non-hydrogen) atoms. The van der Waals surface area contributed by atoms with E-state index in [1.165, 1.54) is 12.8 Å². The predicted molar refractivity (Wildman–Crippen MR) is 83.6 cm³/mol. The Kier molecular flexibility index (Phi) is 4.74. The number of alkyl carbamates (subject to hydrolysis) is 1. The molecule has 1 aromatic rings. The van der Waals surface area contributed by atoms with Crippen molar-refractivity contribution < 1.29 is 9.53 Å². The third-order valence-corrected chi connectivity index (χ3v) is 3.70. The Labute approximate surface area is 129 Å². The molecule has 0 heterocycles. The highest BCUT2D eigenvalue weighted by Crippen LogP contribution is 2.38. The van der Waals surface area contributed by atoms with Crippen LogP contribution in [0.25, 0.3) is 0 Å². The Morgan fingerprint density at radius 1 is 1.45 bits per heavy atom. The van der Waals surface area contributed by atoms with E-state index in [2.05, 4.69) is 33.4 Å². The molecule has 1 unspecified atom stereocenters. The number of amides is 1. The molecular formula is C16H22BrNO2. The summed E-state index contributed by atoms with van der Waals surface area (Å²) in [6.45, 7) is 5.63. The van der Waals surface area contributed by atoms with Gasteiger partial charge in [-0.2, -0.15) is 0 Å². The second-order valence-corrected chi connectivity index (χ2v) is 7.35. The van der Waals surface area contributed by atoms with Gasteiger partial charge in [0.05, 0.1) is 6.04 Å². The molecule has 1 fully saturated rings. The standard InChI is InChI=1S/C16H22BrNO2/c1-16(2,3)20-15(19)18-14(9-11-7-8-11)12-5-4-6-13(17)10-12/h4-6,10-11,14H,7-9H2,1-3H3,(H,18,19). The topological polar surface area (TPSA) is 38.3 Å². The van der Waals surface area contributed by atoms with Crippen LogP contribution < -0.4 is 5.32 Å². The van der Waals surface area contributed by atoms with Gasteiger partial charge in [0.25, 0.3) is 0 Å². The van der Waals surface area contributed by atoms with Gasteiger partial charge in [-0.1, -0.05) is 40.9 Å². The first-order valence-corrected chi connectivity index (χ1v) is 7.88. The average molecular weight is 340 g/mol. The van der Waals surface area contributed by atoms with Crippen LogP contribution in [0.1, 0.15) is 51.6 Å². The fourth-order valence-corrected chi connectivity index (χ4v) is 2.56. The van der Waals surface area contributed by atoms with Crippen molar-refractivity contribution in [1.29, 1.82) is 0 Å². The summed E-state index contributed by atoms with van der Waals surface area (Å²) in [5.41, 5.74) is 0.656. The lowest BCUT2D eigenvalue weighted by molar-refractivity contribution is 0.0499. The number of carbonyl (C=O) groups excluding carboxylic acids is 1. The lowest BCUT2D eigenvalue weighted by atomic mass is 10.0. The molecule has 0 bridgehead atoms. The molecule has 1 saturated carbocycles. The van der Waals surface area contributed by atoms with Gasteiger partial charge in [-0.15, -0.1) is 0 Å². The fraction of sp³-hybridized carbons (Fsp3) is 0.562. The summed E-state index contributed by atoms with van der Waals surface area (Å²) in [6, 6.07) is 8.12. The van der Waals surface area contributed by atoms with Crippen molar-refractivity contribution in [3.05, 3.63) is 34.3 Å². The highest BCUT2D eigenvalue weighted by Gasteiger charge is 2.28. The van der Waals surface area contributed by atoms with E-state index in [0.29, 0.717) is 0 Å². The quantitative estimate of drug-likeness (QED) is 0.854. The van der Waals surface area contributed by atoms with Gasteiger partial charge in [-0.25, -0.2) is 4.79 Å². The summed E-state index contributed by atoms with van der Waals surface area (Å²) < 4.78 is 6.39. The molecule has 1 N–H and O–H groups in total. The SMILES string of the molecule is CC(C)(C)OC(=O)NC(CC1CC1)c1cccc(Br)c1. The summed E-state index contributed by atoms with van der Waals surface area (Å²) in [4.78, 5) is 12.0. The predicted octanol–water partition coefficient (Wildman–Crippen LogP) is 4.82. The van der Waals surface area contributed by atoms with Gasteiger partial charge in [0.2, 0.25) is 0 Å². The number of nitrogens with one attached hydrogen (secondary N) is 1. The van der Waals surface area contributed by atoms with Crippen molar-refractivity contribution >= 4 is 22.0 Å². The van der Waals surface area contributed by atoms with Crippen molar-refractivity contribution in [1.82, 2.24) is 5.32 Å². The molecule has 4 heteroatoms. The molecule has 110 valence electrons. The van der Waals surface area contributed by atoms with Crippen molar-refractivity contribution in [2.45, 2.75) is 51.7 Å². The number of hydrogen-bond acceptors (Lipinski definition) is 2. The normalized spacial score (nSPS) is 16.6. The highest BCUT2D eigenvalue weighted by atomic mass is 79.9. The molecule has 1 aromatic carbocycles. The third-order valence-electron chi connectivity index (χ3n) is 3.21. The number of ether oxygens (including phenoxy) is 1. The number of hydrogen-bond donors (Lipinski definition) is 1. The van der Waals surface area contributed by atoms with Gasteiger partial charge in [0.1, 0.15) is 5.60 Å². The van der Waals surface area contributed by atoms with E-state index in [-0.39, 0.29) is 12.1 Å². The van der Waals surface area contributed by atoms with Crippen LogP contribution in [0, 0.1) is 5.92 Å².